The summed E-state index contributed by atoms with van der Waals surface area (Å²) in [7, 11) is 0. The molecule has 1 heterocycles. The molecule has 0 saturated heterocycles. The number of anilines is 1. The number of rotatable bonds is 2. The van der Waals surface area contributed by atoms with Crippen LogP contribution in [-0.2, 0) is 16.0 Å². The average molecular weight is 281 g/mol. The van der Waals surface area contributed by atoms with Gasteiger partial charge in [0.05, 0.1) is 5.56 Å². The summed E-state index contributed by atoms with van der Waals surface area (Å²) in [4.78, 5) is 24.2. The highest BCUT2D eigenvalue weighted by Crippen LogP contribution is 2.22. The van der Waals surface area contributed by atoms with E-state index in [1.807, 2.05) is 37.3 Å². The van der Waals surface area contributed by atoms with E-state index >= 15 is 0 Å². The second-order valence-electron chi connectivity index (χ2n) is 5.11. The van der Waals surface area contributed by atoms with Crippen LogP contribution in [0.25, 0.3) is 0 Å². The minimum atomic E-state index is -0.784. The van der Waals surface area contributed by atoms with Gasteiger partial charge < -0.3 is 10.1 Å². The van der Waals surface area contributed by atoms with E-state index in [9.17, 15) is 9.59 Å². The normalized spacial score (nSPS) is 16.8. The van der Waals surface area contributed by atoms with E-state index in [-0.39, 0.29) is 5.91 Å². The number of fused-ring (bicyclic) bond motifs is 1. The Balaban J connectivity index is 1.78. The van der Waals surface area contributed by atoms with Crippen molar-refractivity contribution in [1.82, 2.24) is 0 Å². The maximum absolute atomic E-state index is 12.2. The van der Waals surface area contributed by atoms with Gasteiger partial charge in [-0.25, -0.2) is 4.79 Å². The Bertz CT molecular complexity index is 694. The molecule has 0 fully saturated rings. The van der Waals surface area contributed by atoms with Crippen molar-refractivity contribution in [2.45, 2.75) is 19.4 Å². The van der Waals surface area contributed by atoms with Crippen molar-refractivity contribution in [3.63, 3.8) is 0 Å². The van der Waals surface area contributed by atoms with E-state index in [1.165, 1.54) is 0 Å². The molecule has 2 aromatic rings. The van der Waals surface area contributed by atoms with Gasteiger partial charge in [-0.3, -0.25) is 4.79 Å². The fraction of sp³-hybridized carbons (Fsp3) is 0.176. The van der Waals surface area contributed by atoms with Crippen molar-refractivity contribution in [1.29, 1.82) is 0 Å². The zero-order valence-corrected chi connectivity index (χ0v) is 11.6. The van der Waals surface area contributed by atoms with Crippen molar-refractivity contribution in [2.24, 2.45) is 0 Å². The fourth-order valence-corrected chi connectivity index (χ4v) is 2.38. The van der Waals surface area contributed by atoms with Gasteiger partial charge in [0.15, 0.2) is 6.10 Å². The molecule has 1 aliphatic rings. The second kappa shape index (κ2) is 5.40. The molecular formula is C17H15NO3. The highest BCUT2D eigenvalue weighted by atomic mass is 16.5. The third-order valence-corrected chi connectivity index (χ3v) is 3.47. The number of amides is 1. The van der Waals surface area contributed by atoms with E-state index in [0.717, 1.165) is 11.1 Å². The molecule has 0 unspecified atom stereocenters. The monoisotopic (exact) mass is 281 g/mol. The lowest BCUT2D eigenvalue weighted by Gasteiger charge is -2.24. The van der Waals surface area contributed by atoms with E-state index in [2.05, 4.69) is 5.32 Å². The molecule has 1 amide bonds. The Labute approximate surface area is 122 Å². The van der Waals surface area contributed by atoms with Gasteiger partial charge in [-0.2, -0.15) is 0 Å². The van der Waals surface area contributed by atoms with Crippen molar-refractivity contribution in [3.05, 3.63) is 65.2 Å². The molecule has 1 aliphatic heterocycles. The number of hydrogen-bond donors (Lipinski definition) is 1. The molecule has 0 aliphatic carbocycles. The first-order valence-corrected chi connectivity index (χ1v) is 6.80. The fourth-order valence-electron chi connectivity index (χ4n) is 2.38. The number of cyclic esters (lactones) is 1. The van der Waals surface area contributed by atoms with E-state index < -0.39 is 12.1 Å². The van der Waals surface area contributed by atoms with Crippen LogP contribution in [0.2, 0.25) is 0 Å². The summed E-state index contributed by atoms with van der Waals surface area (Å²) in [6.07, 6.45) is -0.382. The quantitative estimate of drug-likeness (QED) is 0.861. The molecule has 0 aromatic heterocycles. The number of carbonyl (C=O) groups is 2. The maximum atomic E-state index is 12.2. The molecular weight excluding hydrogens is 266 g/mol. The number of carbonyl (C=O) groups excluding carboxylic acids is 2. The van der Waals surface area contributed by atoms with Crippen molar-refractivity contribution in [3.8, 4) is 0 Å². The second-order valence-corrected chi connectivity index (χ2v) is 5.11. The van der Waals surface area contributed by atoms with Gasteiger partial charge in [-0.05, 0) is 30.7 Å². The van der Waals surface area contributed by atoms with Crippen LogP contribution in [0.1, 0.15) is 21.5 Å². The third-order valence-electron chi connectivity index (χ3n) is 3.47. The van der Waals surface area contributed by atoms with Gasteiger partial charge >= 0.3 is 5.97 Å². The summed E-state index contributed by atoms with van der Waals surface area (Å²) in [5, 5.41) is 2.76. The zero-order valence-electron chi connectivity index (χ0n) is 11.6. The minimum Gasteiger partial charge on any atom is -0.448 e. The number of nitrogens with one attached hydrogen (secondary N) is 1. The Morgan fingerprint density at radius 1 is 1.19 bits per heavy atom. The molecule has 0 bridgehead atoms. The lowest BCUT2D eigenvalue weighted by Crippen LogP contribution is -2.38. The van der Waals surface area contributed by atoms with Gasteiger partial charge in [-0.15, -0.1) is 0 Å². The summed E-state index contributed by atoms with van der Waals surface area (Å²) in [6, 6.07) is 14.7. The molecule has 0 saturated carbocycles. The molecule has 1 N–H and O–H groups in total. The van der Waals surface area contributed by atoms with Gasteiger partial charge in [0.25, 0.3) is 5.91 Å². The van der Waals surface area contributed by atoms with Crippen LogP contribution in [0.3, 0.4) is 0 Å². The first-order valence-electron chi connectivity index (χ1n) is 6.80. The minimum absolute atomic E-state index is 0.305. The molecule has 4 heteroatoms. The number of aryl methyl sites for hydroxylation is 1. The van der Waals surface area contributed by atoms with E-state index in [0.29, 0.717) is 17.7 Å². The van der Waals surface area contributed by atoms with Crippen molar-refractivity contribution < 1.29 is 14.3 Å². The Morgan fingerprint density at radius 2 is 1.95 bits per heavy atom. The van der Waals surface area contributed by atoms with E-state index in [1.54, 1.807) is 18.2 Å². The molecule has 21 heavy (non-hydrogen) atoms. The van der Waals surface area contributed by atoms with Crippen LogP contribution in [0, 0.1) is 6.92 Å². The molecule has 0 spiro atoms. The van der Waals surface area contributed by atoms with Crippen molar-refractivity contribution >= 4 is 17.6 Å². The van der Waals surface area contributed by atoms with Crippen LogP contribution < -0.4 is 5.32 Å². The summed E-state index contributed by atoms with van der Waals surface area (Å²) < 4.78 is 5.25. The highest BCUT2D eigenvalue weighted by molar-refractivity contribution is 6.00. The SMILES string of the molecule is Cc1ccc2c(c1)C(=O)O[C@@H](C(=O)Nc1ccccc1)C2. The Morgan fingerprint density at radius 3 is 2.71 bits per heavy atom. The maximum Gasteiger partial charge on any atom is 0.339 e. The van der Waals surface area contributed by atoms with Crippen LogP contribution in [0.4, 0.5) is 5.69 Å². The zero-order chi connectivity index (χ0) is 14.8. The smallest absolute Gasteiger partial charge is 0.339 e. The number of benzene rings is 2. The predicted molar refractivity (Wildman–Crippen MR) is 79.2 cm³/mol. The molecule has 4 nitrogen and oxygen atoms in total. The summed E-state index contributed by atoms with van der Waals surface area (Å²) in [6.45, 7) is 1.92. The molecule has 0 radical (unpaired) electrons. The number of hydrogen-bond acceptors (Lipinski definition) is 3. The largest absolute Gasteiger partial charge is 0.448 e. The van der Waals surface area contributed by atoms with E-state index in [4.69, 9.17) is 4.74 Å². The van der Waals surface area contributed by atoms with Crippen LogP contribution in [0.5, 0.6) is 0 Å². The summed E-state index contributed by atoms with van der Waals surface area (Å²) in [5.74, 6) is -0.742. The Hall–Kier alpha value is -2.62. The van der Waals surface area contributed by atoms with Gasteiger partial charge in [0, 0.05) is 12.1 Å². The van der Waals surface area contributed by atoms with Gasteiger partial charge in [0.1, 0.15) is 0 Å². The molecule has 1 atom stereocenters. The van der Waals surface area contributed by atoms with Crippen LogP contribution >= 0.6 is 0 Å². The molecule has 106 valence electrons. The predicted octanol–water partition coefficient (Wildman–Crippen LogP) is 2.72. The molecule has 2 aromatic carbocycles. The van der Waals surface area contributed by atoms with Gasteiger partial charge in [-0.1, -0.05) is 35.9 Å². The lowest BCUT2D eigenvalue weighted by molar-refractivity contribution is -0.125. The van der Waals surface area contributed by atoms with Gasteiger partial charge in [0.2, 0.25) is 0 Å². The highest BCUT2D eigenvalue weighted by Gasteiger charge is 2.31. The van der Waals surface area contributed by atoms with Crippen LogP contribution in [-0.4, -0.2) is 18.0 Å². The van der Waals surface area contributed by atoms with Crippen LogP contribution in [0.15, 0.2) is 48.5 Å². The summed E-state index contributed by atoms with van der Waals surface area (Å²) >= 11 is 0. The Kier molecular flexibility index (Phi) is 3.44. The standard InChI is InChI=1S/C17H15NO3/c1-11-7-8-12-10-15(21-17(20)14(12)9-11)16(19)18-13-5-3-2-4-6-13/h2-9,15H,10H2,1H3,(H,18,19)/t15-/m1/s1. The first kappa shape index (κ1) is 13.4. The number of ether oxygens (including phenoxy) is 1. The number of esters is 1. The first-order chi connectivity index (χ1) is 10.1. The topological polar surface area (TPSA) is 55.4 Å². The van der Waals surface area contributed by atoms with Crippen molar-refractivity contribution in [2.75, 3.05) is 5.32 Å². The lowest BCUT2D eigenvalue weighted by atomic mass is 9.96. The molecule has 3 rings (SSSR count). The summed E-state index contributed by atoms with van der Waals surface area (Å²) in [5.41, 5.74) is 3.09. The number of para-hydroxylation sites is 1. The average Bonchev–Trinajstić information content (AvgIpc) is 2.49. The third kappa shape index (κ3) is 2.79.